The summed E-state index contributed by atoms with van der Waals surface area (Å²) < 4.78 is 103. The lowest BCUT2D eigenvalue weighted by Gasteiger charge is -2.42. The predicted octanol–water partition coefficient (Wildman–Crippen LogP) is 4.42. The first kappa shape index (κ1) is 21.6. The molecule has 4 rings (SSSR count). The number of nitrogens with zero attached hydrogens (tertiary/aromatic N) is 1. The van der Waals surface area contributed by atoms with E-state index in [4.69, 9.17) is 21.7 Å². The van der Waals surface area contributed by atoms with Crippen molar-refractivity contribution in [2.45, 2.75) is 37.3 Å². The molecule has 0 spiro atoms. The molecule has 34 heavy (non-hydrogen) atoms. The monoisotopic (exact) mass is 489 g/mol. The lowest BCUT2D eigenvalue weighted by atomic mass is 9.82. The third-order valence-corrected chi connectivity index (χ3v) is 5.89. The van der Waals surface area contributed by atoms with Crippen molar-refractivity contribution in [2.24, 2.45) is 0 Å². The van der Waals surface area contributed by atoms with Crippen LogP contribution in [0.25, 0.3) is 0 Å². The Kier molecular flexibility index (Phi) is 5.74. The molecule has 2 saturated heterocycles. The average Bonchev–Trinajstić information content (AvgIpc) is 3.07. The molecular formula is C23H22F5NO5. The van der Waals surface area contributed by atoms with Gasteiger partial charge >= 0.3 is 6.18 Å². The van der Waals surface area contributed by atoms with Gasteiger partial charge in [0.1, 0.15) is 30.1 Å². The van der Waals surface area contributed by atoms with E-state index in [2.05, 4.69) is 0 Å². The molecule has 2 fully saturated rings. The van der Waals surface area contributed by atoms with Gasteiger partial charge in [-0.15, -0.1) is 0 Å². The number of likely N-dealkylation sites (tertiary alicyclic amines) is 1. The number of benzene rings is 2. The van der Waals surface area contributed by atoms with Crippen LogP contribution in [0, 0.1) is 11.6 Å². The number of fused-ring (bicyclic) bond motifs is 1. The predicted molar refractivity (Wildman–Crippen MR) is 109 cm³/mol. The second-order valence-corrected chi connectivity index (χ2v) is 8.01. The Morgan fingerprint density at radius 3 is 2.56 bits per heavy atom. The quantitative estimate of drug-likeness (QED) is 0.583. The highest BCUT2D eigenvalue weighted by molar-refractivity contribution is 5.95. The van der Waals surface area contributed by atoms with Crippen LogP contribution in [-0.2, 0) is 15.1 Å². The number of ether oxygens (including phenoxy) is 4. The number of methoxy groups -OCH3 is 1. The van der Waals surface area contributed by atoms with Gasteiger partial charge in [0.05, 0.1) is 16.4 Å². The van der Waals surface area contributed by atoms with Crippen LogP contribution in [0.3, 0.4) is 0 Å². The van der Waals surface area contributed by atoms with Crippen molar-refractivity contribution in [1.82, 2.24) is 4.90 Å². The highest BCUT2D eigenvalue weighted by atomic mass is 19.4. The van der Waals surface area contributed by atoms with Crippen LogP contribution in [0.2, 0.25) is 0 Å². The van der Waals surface area contributed by atoms with E-state index in [0.29, 0.717) is 6.07 Å². The molecule has 2 aromatic carbocycles. The zero-order chi connectivity index (χ0) is 26.5. The number of rotatable bonds is 5. The molecule has 2 aliphatic heterocycles. The molecule has 0 aliphatic carbocycles. The molecule has 2 heterocycles. The average molecular weight is 489 g/mol. The second-order valence-electron chi connectivity index (χ2n) is 8.01. The van der Waals surface area contributed by atoms with Gasteiger partial charge in [-0.25, -0.2) is 8.78 Å². The Morgan fingerprint density at radius 1 is 1.21 bits per heavy atom. The second kappa shape index (κ2) is 9.03. The number of carbonyl (C=O) groups excluding carboxylic acids is 1. The number of halogens is 5. The maximum absolute atomic E-state index is 13.9. The van der Waals surface area contributed by atoms with Crippen LogP contribution in [0.5, 0.6) is 11.5 Å². The summed E-state index contributed by atoms with van der Waals surface area (Å²) in [6.45, 7) is -1.89. The zero-order valence-corrected chi connectivity index (χ0v) is 18.1. The van der Waals surface area contributed by atoms with Crippen molar-refractivity contribution in [1.29, 1.82) is 0 Å². The van der Waals surface area contributed by atoms with Gasteiger partial charge in [-0.1, -0.05) is 0 Å². The van der Waals surface area contributed by atoms with E-state index in [-0.39, 0.29) is 42.1 Å². The Morgan fingerprint density at radius 2 is 1.91 bits per heavy atom. The highest BCUT2D eigenvalue weighted by Gasteiger charge is 2.51. The Labute approximate surface area is 195 Å². The molecule has 0 saturated carbocycles. The van der Waals surface area contributed by atoms with E-state index in [0.717, 1.165) is 19.1 Å². The Bertz CT molecular complexity index is 1140. The number of carbonyl (C=O) groups is 1. The summed E-state index contributed by atoms with van der Waals surface area (Å²) >= 11 is 0. The molecule has 1 amide bonds. The summed E-state index contributed by atoms with van der Waals surface area (Å²) in [6, 6.07) is 6.43. The Balaban J connectivity index is 1.57. The van der Waals surface area contributed by atoms with Gasteiger partial charge in [0.15, 0.2) is 17.6 Å². The zero-order valence-electron chi connectivity index (χ0n) is 20.1. The SMILES string of the molecule is [2H]C1([2H])O[C@@H]2CN(C(=O)c3ccc(OC(C)C(F)(F)F)c(OC)c3)CC[C@]2(c2cc(F)cc(F)c2)O1. The fourth-order valence-electron chi connectivity index (χ4n) is 4.02. The van der Waals surface area contributed by atoms with E-state index in [1.807, 2.05) is 0 Å². The van der Waals surface area contributed by atoms with Crippen molar-refractivity contribution in [3.8, 4) is 11.5 Å². The normalized spacial score (nSPS) is 25.7. The molecule has 0 bridgehead atoms. The Hall–Kier alpha value is -2.92. The molecule has 1 unspecified atom stereocenters. The molecule has 0 N–H and O–H groups in total. The number of amides is 1. The topological polar surface area (TPSA) is 57.2 Å². The third kappa shape index (κ3) is 4.54. The first-order chi connectivity index (χ1) is 16.7. The van der Waals surface area contributed by atoms with Gasteiger partial charge in [0.2, 0.25) is 0 Å². The van der Waals surface area contributed by atoms with E-state index in [1.165, 1.54) is 30.2 Å². The lowest BCUT2D eigenvalue weighted by molar-refractivity contribution is -0.189. The maximum atomic E-state index is 13.9. The first-order valence-electron chi connectivity index (χ1n) is 11.3. The molecule has 2 aliphatic rings. The van der Waals surface area contributed by atoms with Gasteiger partial charge < -0.3 is 23.8 Å². The molecule has 0 aromatic heterocycles. The fraction of sp³-hybridized carbons (Fsp3) is 0.435. The third-order valence-electron chi connectivity index (χ3n) is 5.89. The fourth-order valence-corrected chi connectivity index (χ4v) is 4.02. The van der Waals surface area contributed by atoms with Crippen molar-refractivity contribution in [3.05, 3.63) is 59.2 Å². The number of alkyl halides is 3. The van der Waals surface area contributed by atoms with Crippen molar-refractivity contribution in [2.75, 3.05) is 26.9 Å². The number of hydrogen-bond acceptors (Lipinski definition) is 5. The van der Waals surface area contributed by atoms with Gasteiger partial charge in [0.25, 0.3) is 5.91 Å². The van der Waals surface area contributed by atoms with Crippen molar-refractivity contribution in [3.63, 3.8) is 0 Å². The highest BCUT2D eigenvalue weighted by Crippen LogP contribution is 2.43. The van der Waals surface area contributed by atoms with Crippen LogP contribution in [0.1, 0.15) is 32.0 Å². The first-order valence-corrected chi connectivity index (χ1v) is 10.3. The van der Waals surface area contributed by atoms with Crippen LogP contribution in [0.15, 0.2) is 36.4 Å². The number of piperidine rings is 1. The van der Waals surface area contributed by atoms with E-state index in [1.54, 1.807) is 0 Å². The number of hydrogen-bond donors (Lipinski definition) is 0. The minimum atomic E-state index is -4.60. The summed E-state index contributed by atoms with van der Waals surface area (Å²) in [6.07, 6.45) is -7.83. The molecular weight excluding hydrogens is 465 g/mol. The maximum Gasteiger partial charge on any atom is 0.425 e. The lowest BCUT2D eigenvalue weighted by Crippen LogP contribution is -2.53. The molecule has 3 atom stereocenters. The van der Waals surface area contributed by atoms with Crippen molar-refractivity contribution >= 4 is 5.91 Å². The minimum Gasteiger partial charge on any atom is -0.493 e. The minimum absolute atomic E-state index is 0.0125. The smallest absolute Gasteiger partial charge is 0.425 e. The summed E-state index contributed by atoms with van der Waals surface area (Å²) in [5.74, 6) is -2.58. The molecule has 6 nitrogen and oxygen atoms in total. The summed E-state index contributed by atoms with van der Waals surface area (Å²) in [7, 11) is 1.22. The van der Waals surface area contributed by atoms with E-state index in [9.17, 15) is 26.7 Å². The summed E-state index contributed by atoms with van der Waals surface area (Å²) in [5, 5.41) is 0. The molecule has 0 radical (unpaired) electrons. The largest absolute Gasteiger partial charge is 0.493 e. The molecule has 2 aromatic rings. The molecule has 11 heteroatoms. The van der Waals surface area contributed by atoms with Gasteiger partial charge in [0, 0.05) is 24.6 Å². The van der Waals surface area contributed by atoms with Crippen LogP contribution in [-0.4, -0.2) is 56.1 Å². The van der Waals surface area contributed by atoms with E-state index >= 15 is 0 Å². The van der Waals surface area contributed by atoms with Crippen molar-refractivity contribution < 1.29 is 48.4 Å². The standard InChI is InChI=1S/C23H22F5NO5/c1-13(23(26,27)28)34-18-4-3-14(7-19(18)31-2)21(30)29-6-5-22(20(11-29)32-12-33-22)15-8-16(24)10-17(25)9-15/h3-4,7-10,13,20H,5-6,11-12H2,1-2H3/t13?,20-,22-/m1/s1/i12D2. The van der Waals surface area contributed by atoms with Gasteiger partial charge in [-0.2, -0.15) is 13.2 Å². The molecule has 184 valence electrons. The van der Waals surface area contributed by atoms with Crippen LogP contribution < -0.4 is 9.47 Å². The van der Waals surface area contributed by atoms with Crippen LogP contribution >= 0.6 is 0 Å². The van der Waals surface area contributed by atoms with Crippen LogP contribution in [0.4, 0.5) is 22.0 Å². The van der Waals surface area contributed by atoms with Gasteiger partial charge in [-0.05, 0) is 42.8 Å². The van der Waals surface area contributed by atoms with Gasteiger partial charge in [-0.3, -0.25) is 4.79 Å². The van der Waals surface area contributed by atoms with E-state index < -0.39 is 48.3 Å². The summed E-state index contributed by atoms with van der Waals surface area (Å²) in [5.41, 5.74) is -1.42. The summed E-state index contributed by atoms with van der Waals surface area (Å²) in [4.78, 5) is 14.5.